The van der Waals surface area contributed by atoms with Gasteiger partial charge in [0, 0.05) is 0 Å². The maximum atomic E-state index is 12.1. The monoisotopic (exact) mass is 336 g/mol. The maximum absolute atomic E-state index is 12.1. The van der Waals surface area contributed by atoms with Crippen LogP contribution in [0.2, 0.25) is 5.02 Å². The molecule has 6 heteroatoms. The molecule has 0 aliphatic rings. The lowest BCUT2D eigenvalue weighted by molar-refractivity contribution is -0.133. The van der Waals surface area contributed by atoms with Crippen molar-refractivity contribution in [2.75, 3.05) is 21.3 Å². The van der Waals surface area contributed by atoms with E-state index >= 15 is 0 Å². The fraction of sp³-hybridized carbons (Fsp3) is 0.235. The Morgan fingerprint density at radius 2 is 1.57 bits per heavy atom. The molecule has 0 fully saturated rings. The van der Waals surface area contributed by atoms with Crippen molar-refractivity contribution in [2.24, 2.45) is 0 Å². The fourth-order valence-corrected chi connectivity index (χ4v) is 2.26. The summed E-state index contributed by atoms with van der Waals surface area (Å²) in [6.07, 6.45) is 0.0436. The molecule has 5 nitrogen and oxygen atoms in total. The minimum absolute atomic E-state index is 0.0436. The molecule has 0 unspecified atom stereocenters. The number of ether oxygens (including phenoxy) is 4. The highest BCUT2D eigenvalue weighted by atomic mass is 35.5. The Morgan fingerprint density at radius 1 is 0.957 bits per heavy atom. The summed E-state index contributed by atoms with van der Waals surface area (Å²) in [5, 5.41) is 0.380. The zero-order chi connectivity index (χ0) is 16.8. The van der Waals surface area contributed by atoms with Crippen LogP contribution < -0.4 is 18.9 Å². The van der Waals surface area contributed by atoms with Gasteiger partial charge in [-0.2, -0.15) is 0 Å². The number of benzene rings is 2. The SMILES string of the molecule is COc1cc(CC(=O)Oc2ccccc2Cl)cc(OC)c1OC. The van der Waals surface area contributed by atoms with Crippen molar-refractivity contribution < 1.29 is 23.7 Å². The van der Waals surface area contributed by atoms with Gasteiger partial charge in [0.2, 0.25) is 5.75 Å². The summed E-state index contributed by atoms with van der Waals surface area (Å²) < 4.78 is 21.0. The van der Waals surface area contributed by atoms with Gasteiger partial charge in [0.1, 0.15) is 5.75 Å². The van der Waals surface area contributed by atoms with Crippen molar-refractivity contribution >= 4 is 17.6 Å². The van der Waals surface area contributed by atoms with Gasteiger partial charge in [-0.3, -0.25) is 4.79 Å². The van der Waals surface area contributed by atoms with Crippen LogP contribution in [0.15, 0.2) is 36.4 Å². The molecule has 0 N–H and O–H groups in total. The summed E-state index contributed by atoms with van der Waals surface area (Å²) in [5.74, 6) is 1.32. The largest absolute Gasteiger partial charge is 0.493 e. The van der Waals surface area contributed by atoms with Gasteiger partial charge in [-0.15, -0.1) is 0 Å². The van der Waals surface area contributed by atoms with Crippen molar-refractivity contribution in [3.05, 3.63) is 47.0 Å². The van der Waals surface area contributed by atoms with E-state index in [-0.39, 0.29) is 6.42 Å². The number of hydrogen-bond donors (Lipinski definition) is 0. The van der Waals surface area contributed by atoms with Crippen LogP contribution in [0.4, 0.5) is 0 Å². The molecule has 2 aromatic carbocycles. The highest BCUT2D eigenvalue weighted by Crippen LogP contribution is 2.38. The molecule has 0 aliphatic carbocycles. The molecular formula is C17H17ClO5. The van der Waals surface area contributed by atoms with E-state index in [1.54, 1.807) is 36.4 Å². The molecule has 0 saturated carbocycles. The molecule has 2 rings (SSSR count). The first-order valence-corrected chi connectivity index (χ1v) is 7.21. The van der Waals surface area contributed by atoms with E-state index in [1.165, 1.54) is 21.3 Å². The molecule has 122 valence electrons. The third kappa shape index (κ3) is 4.07. The van der Waals surface area contributed by atoms with Gasteiger partial charge in [-0.05, 0) is 29.8 Å². The molecule has 0 radical (unpaired) electrons. The van der Waals surface area contributed by atoms with Gasteiger partial charge in [0.25, 0.3) is 0 Å². The van der Waals surface area contributed by atoms with Gasteiger partial charge in [0.05, 0.1) is 32.8 Å². The minimum atomic E-state index is -0.438. The molecule has 0 spiro atoms. The molecule has 0 heterocycles. The van der Waals surface area contributed by atoms with Crippen LogP contribution in [0.3, 0.4) is 0 Å². The summed E-state index contributed by atoms with van der Waals surface area (Å²) in [6, 6.07) is 10.2. The Kier molecular flexibility index (Phi) is 5.71. The average molecular weight is 337 g/mol. The second-order valence-electron chi connectivity index (χ2n) is 4.61. The van der Waals surface area contributed by atoms with Crippen LogP contribution >= 0.6 is 11.6 Å². The summed E-state index contributed by atoms with van der Waals surface area (Å²) in [7, 11) is 4.55. The molecule has 0 aliphatic heterocycles. The molecule has 0 aromatic heterocycles. The van der Waals surface area contributed by atoms with Gasteiger partial charge in [-0.25, -0.2) is 0 Å². The van der Waals surface area contributed by atoms with Crippen LogP contribution in [0.5, 0.6) is 23.0 Å². The molecule has 0 atom stereocenters. The molecule has 0 saturated heterocycles. The number of methoxy groups -OCH3 is 3. The second kappa shape index (κ2) is 7.74. The maximum Gasteiger partial charge on any atom is 0.315 e. The summed E-state index contributed by atoms with van der Waals surface area (Å²) in [5.41, 5.74) is 0.677. The lowest BCUT2D eigenvalue weighted by Crippen LogP contribution is -2.12. The number of para-hydroxylation sites is 1. The summed E-state index contributed by atoms with van der Waals surface area (Å²) >= 11 is 5.97. The number of halogens is 1. The van der Waals surface area contributed by atoms with Crippen LogP contribution in [-0.4, -0.2) is 27.3 Å². The third-order valence-corrected chi connectivity index (χ3v) is 3.45. The quantitative estimate of drug-likeness (QED) is 0.597. The van der Waals surface area contributed by atoms with Gasteiger partial charge in [-0.1, -0.05) is 23.7 Å². The van der Waals surface area contributed by atoms with Crippen LogP contribution in [0, 0.1) is 0 Å². The van der Waals surface area contributed by atoms with E-state index in [4.69, 9.17) is 30.5 Å². The van der Waals surface area contributed by atoms with E-state index in [1.807, 2.05) is 0 Å². The number of esters is 1. The first-order chi connectivity index (χ1) is 11.1. The van der Waals surface area contributed by atoms with Gasteiger partial charge < -0.3 is 18.9 Å². The van der Waals surface area contributed by atoms with Crippen LogP contribution in [-0.2, 0) is 11.2 Å². The Labute approximate surface area is 139 Å². The lowest BCUT2D eigenvalue weighted by atomic mass is 10.1. The number of hydrogen-bond acceptors (Lipinski definition) is 5. The predicted octanol–water partition coefficient (Wildman–Crippen LogP) is 3.51. The number of carbonyl (C=O) groups excluding carboxylic acids is 1. The number of carbonyl (C=O) groups is 1. The summed E-state index contributed by atoms with van der Waals surface area (Å²) in [6.45, 7) is 0. The zero-order valence-corrected chi connectivity index (χ0v) is 13.8. The Morgan fingerprint density at radius 3 is 2.09 bits per heavy atom. The average Bonchev–Trinajstić information content (AvgIpc) is 2.55. The lowest BCUT2D eigenvalue weighted by Gasteiger charge is -2.14. The van der Waals surface area contributed by atoms with Crippen molar-refractivity contribution in [1.82, 2.24) is 0 Å². The topological polar surface area (TPSA) is 54.0 Å². The molecule has 0 bridgehead atoms. The van der Waals surface area contributed by atoms with E-state index in [0.29, 0.717) is 33.6 Å². The van der Waals surface area contributed by atoms with Gasteiger partial charge in [0.15, 0.2) is 11.5 Å². The fourth-order valence-electron chi connectivity index (χ4n) is 2.09. The predicted molar refractivity (Wildman–Crippen MR) is 86.9 cm³/mol. The van der Waals surface area contributed by atoms with Crippen molar-refractivity contribution in [3.63, 3.8) is 0 Å². The standard InChI is InChI=1S/C17H17ClO5/c1-20-14-8-11(9-15(21-2)17(14)22-3)10-16(19)23-13-7-5-4-6-12(13)18/h4-9H,10H2,1-3H3. The minimum Gasteiger partial charge on any atom is -0.493 e. The zero-order valence-electron chi connectivity index (χ0n) is 13.1. The molecule has 23 heavy (non-hydrogen) atoms. The van der Waals surface area contributed by atoms with Crippen molar-refractivity contribution in [1.29, 1.82) is 0 Å². The van der Waals surface area contributed by atoms with E-state index < -0.39 is 5.97 Å². The van der Waals surface area contributed by atoms with Gasteiger partial charge >= 0.3 is 5.97 Å². The Bertz CT molecular complexity index is 674. The number of rotatable bonds is 6. The molecule has 2 aromatic rings. The van der Waals surface area contributed by atoms with Crippen LogP contribution in [0.1, 0.15) is 5.56 Å². The van der Waals surface area contributed by atoms with Crippen LogP contribution in [0.25, 0.3) is 0 Å². The van der Waals surface area contributed by atoms with E-state index in [2.05, 4.69) is 0 Å². The van der Waals surface area contributed by atoms with E-state index in [9.17, 15) is 4.79 Å². The van der Waals surface area contributed by atoms with Crippen molar-refractivity contribution in [3.8, 4) is 23.0 Å². The van der Waals surface area contributed by atoms with Crippen molar-refractivity contribution in [2.45, 2.75) is 6.42 Å². The highest BCUT2D eigenvalue weighted by Gasteiger charge is 2.16. The Hall–Kier alpha value is -2.40. The smallest absolute Gasteiger partial charge is 0.315 e. The molecular weight excluding hydrogens is 320 g/mol. The van der Waals surface area contributed by atoms with E-state index in [0.717, 1.165) is 0 Å². The second-order valence-corrected chi connectivity index (χ2v) is 5.02. The normalized spacial score (nSPS) is 10.1. The third-order valence-electron chi connectivity index (χ3n) is 3.13. The molecule has 0 amide bonds. The first kappa shape index (κ1) is 17.0. The summed E-state index contributed by atoms with van der Waals surface area (Å²) in [4.78, 5) is 12.1. The highest BCUT2D eigenvalue weighted by molar-refractivity contribution is 6.32. The Balaban J connectivity index is 2.19. The first-order valence-electron chi connectivity index (χ1n) is 6.83.